The number of anilines is 1. The molecule has 0 aliphatic carbocycles. The van der Waals surface area contributed by atoms with Gasteiger partial charge in [-0.25, -0.2) is 0 Å². The van der Waals surface area contributed by atoms with E-state index in [0.29, 0.717) is 5.56 Å². The standard InChI is InChI=1S/C20H21N7O/c1-14(16-4-2-15(12-21)3-5-16)23-20(28)17-8-10-26(11-9-17)19-7-6-18-24-22-13-27(18)25-19/h2-7,13-14,17H,8-11H2,1H3,(H,23,28). The lowest BCUT2D eigenvalue weighted by atomic mass is 9.95. The number of fused-ring (bicyclic) bond motifs is 1. The highest BCUT2D eigenvalue weighted by atomic mass is 16.1. The van der Waals surface area contributed by atoms with E-state index in [1.165, 1.54) is 0 Å². The van der Waals surface area contributed by atoms with Crippen molar-refractivity contribution < 1.29 is 4.79 Å². The van der Waals surface area contributed by atoms with E-state index < -0.39 is 0 Å². The highest BCUT2D eigenvalue weighted by Crippen LogP contribution is 2.23. The molecule has 0 saturated carbocycles. The first kappa shape index (κ1) is 17.9. The molecule has 0 radical (unpaired) electrons. The van der Waals surface area contributed by atoms with Crippen LogP contribution < -0.4 is 10.2 Å². The first-order chi connectivity index (χ1) is 13.6. The second kappa shape index (κ2) is 7.64. The second-order valence-electron chi connectivity index (χ2n) is 7.05. The molecule has 8 nitrogen and oxygen atoms in total. The molecule has 1 aromatic carbocycles. The Morgan fingerprint density at radius 3 is 2.68 bits per heavy atom. The third kappa shape index (κ3) is 3.64. The lowest BCUT2D eigenvalue weighted by molar-refractivity contribution is -0.126. The number of rotatable bonds is 4. The number of nitriles is 1. The SMILES string of the molecule is CC(NC(=O)C1CCN(c2ccc3nncn3n2)CC1)c1ccc(C#N)cc1. The first-order valence-electron chi connectivity index (χ1n) is 9.36. The molecule has 1 unspecified atom stereocenters. The Hall–Kier alpha value is -3.47. The first-order valence-corrected chi connectivity index (χ1v) is 9.36. The Morgan fingerprint density at radius 1 is 1.21 bits per heavy atom. The van der Waals surface area contributed by atoms with Crippen molar-refractivity contribution >= 4 is 17.4 Å². The van der Waals surface area contributed by atoms with Crippen molar-refractivity contribution in [3.05, 3.63) is 53.9 Å². The number of hydrogen-bond acceptors (Lipinski definition) is 6. The minimum Gasteiger partial charge on any atom is -0.355 e. The minimum atomic E-state index is -0.0870. The molecule has 8 heteroatoms. The maximum atomic E-state index is 12.7. The zero-order chi connectivity index (χ0) is 19.5. The van der Waals surface area contributed by atoms with Crippen LogP contribution in [0.2, 0.25) is 0 Å². The lowest BCUT2D eigenvalue weighted by Gasteiger charge is -2.32. The highest BCUT2D eigenvalue weighted by molar-refractivity contribution is 5.79. The molecule has 3 heterocycles. The van der Waals surface area contributed by atoms with Gasteiger partial charge in [-0.1, -0.05) is 12.1 Å². The Bertz CT molecular complexity index is 1010. The molecule has 1 amide bonds. The highest BCUT2D eigenvalue weighted by Gasteiger charge is 2.26. The summed E-state index contributed by atoms with van der Waals surface area (Å²) in [6.45, 7) is 3.53. The monoisotopic (exact) mass is 375 g/mol. The minimum absolute atomic E-state index is 0.00396. The van der Waals surface area contributed by atoms with Crippen LogP contribution >= 0.6 is 0 Å². The molecule has 0 bridgehead atoms. The summed E-state index contributed by atoms with van der Waals surface area (Å²) >= 11 is 0. The van der Waals surface area contributed by atoms with Gasteiger partial charge in [0.15, 0.2) is 5.65 Å². The van der Waals surface area contributed by atoms with Crippen LogP contribution in [0.4, 0.5) is 5.82 Å². The smallest absolute Gasteiger partial charge is 0.223 e. The predicted octanol–water partition coefficient (Wildman–Crippen LogP) is 2.09. The molecule has 1 aliphatic rings. The molecule has 1 N–H and O–H groups in total. The van der Waals surface area contributed by atoms with Gasteiger partial charge in [0.2, 0.25) is 5.91 Å². The summed E-state index contributed by atoms with van der Waals surface area (Å²) in [4.78, 5) is 14.9. The summed E-state index contributed by atoms with van der Waals surface area (Å²) in [6.07, 6.45) is 3.16. The summed E-state index contributed by atoms with van der Waals surface area (Å²) < 4.78 is 1.66. The second-order valence-corrected chi connectivity index (χ2v) is 7.05. The number of amides is 1. The van der Waals surface area contributed by atoms with Gasteiger partial charge in [0.25, 0.3) is 0 Å². The molecule has 142 valence electrons. The van der Waals surface area contributed by atoms with Crippen molar-refractivity contribution in [3.8, 4) is 6.07 Å². The van der Waals surface area contributed by atoms with Gasteiger partial charge in [0.05, 0.1) is 17.7 Å². The largest absolute Gasteiger partial charge is 0.355 e. The van der Waals surface area contributed by atoms with Gasteiger partial charge in [-0.15, -0.1) is 15.3 Å². The quantitative estimate of drug-likeness (QED) is 0.750. The number of benzene rings is 1. The van der Waals surface area contributed by atoms with Crippen LogP contribution in [0.25, 0.3) is 5.65 Å². The van der Waals surface area contributed by atoms with Crippen molar-refractivity contribution in [1.29, 1.82) is 5.26 Å². The van der Waals surface area contributed by atoms with Gasteiger partial charge >= 0.3 is 0 Å². The summed E-state index contributed by atoms with van der Waals surface area (Å²) in [6, 6.07) is 13.2. The fraction of sp³-hybridized carbons (Fsp3) is 0.350. The number of piperidine rings is 1. The van der Waals surface area contributed by atoms with Gasteiger partial charge in [-0.3, -0.25) is 4.79 Å². The van der Waals surface area contributed by atoms with Crippen LogP contribution in [0.3, 0.4) is 0 Å². The van der Waals surface area contributed by atoms with Crippen LogP contribution in [0, 0.1) is 17.2 Å². The number of nitrogens with one attached hydrogen (secondary N) is 1. The van der Waals surface area contributed by atoms with E-state index in [-0.39, 0.29) is 17.9 Å². The zero-order valence-electron chi connectivity index (χ0n) is 15.6. The summed E-state index contributed by atoms with van der Waals surface area (Å²) in [7, 11) is 0. The van der Waals surface area contributed by atoms with E-state index in [0.717, 1.165) is 43.0 Å². The molecule has 1 atom stereocenters. The van der Waals surface area contributed by atoms with E-state index in [1.807, 2.05) is 31.2 Å². The number of nitrogens with zero attached hydrogens (tertiary/aromatic N) is 6. The van der Waals surface area contributed by atoms with Crippen LogP contribution in [0.1, 0.15) is 36.9 Å². The van der Waals surface area contributed by atoms with Crippen molar-refractivity contribution in [2.75, 3.05) is 18.0 Å². The topological polar surface area (TPSA) is 99.2 Å². The van der Waals surface area contributed by atoms with E-state index in [4.69, 9.17) is 5.26 Å². The Morgan fingerprint density at radius 2 is 1.96 bits per heavy atom. The number of aromatic nitrogens is 4. The molecule has 1 saturated heterocycles. The molecular weight excluding hydrogens is 354 g/mol. The van der Waals surface area contributed by atoms with Gasteiger partial charge in [-0.2, -0.15) is 9.78 Å². The van der Waals surface area contributed by atoms with E-state index >= 15 is 0 Å². The summed E-state index contributed by atoms with van der Waals surface area (Å²) in [5, 5.41) is 24.3. The van der Waals surface area contributed by atoms with Crippen LogP contribution in [0.5, 0.6) is 0 Å². The van der Waals surface area contributed by atoms with Crippen molar-refractivity contribution in [1.82, 2.24) is 25.1 Å². The average Bonchev–Trinajstić information content (AvgIpc) is 3.21. The Balaban J connectivity index is 1.33. The van der Waals surface area contributed by atoms with Crippen LogP contribution in [-0.2, 0) is 4.79 Å². The van der Waals surface area contributed by atoms with E-state index in [1.54, 1.807) is 23.0 Å². The fourth-order valence-electron chi connectivity index (χ4n) is 3.52. The number of carbonyl (C=O) groups is 1. The van der Waals surface area contributed by atoms with Crippen molar-refractivity contribution in [2.24, 2.45) is 5.92 Å². The Labute approximate surface area is 162 Å². The van der Waals surface area contributed by atoms with Gasteiger partial charge in [0.1, 0.15) is 12.1 Å². The van der Waals surface area contributed by atoms with E-state index in [2.05, 4.69) is 31.6 Å². The van der Waals surface area contributed by atoms with Gasteiger partial charge in [0, 0.05) is 19.0 Å². The summed E-state index contributed by atoms with van der Waals surface area (Å²) in [5.74, 6) is 0.951. The zero-order valence-corrected chi connectivity index (χ0v) is 15.6. The van der Waals surface area contributed by atoms with Crippen molar-refractivity contribution in [2.45, 2.75) is 25.8 Å². The van der Waals surface area contributed by atoms with Crippen LogP contribution in [0.15, 0.2) is 42.7 Å². The molecule has 1 fully saturated rings. The maximum Gasteiger partial charge on any atom is 0.223 e. The van der Waals surface area contributed by atoms with Crippen LogP contribution in [-0.4, -0.2) is 38.8 Å². The number of hydrogen-bond donors (Lipinski definition) is 1. The molecule has 1 aliphatic heterocycles. The Kier molecular flexibility index (Phi) is 4.89. The molecule has 28 heavy (non-hydrogen) atoms. The third-order valence-electron chi connectivity index (χ3n) is 5.24. The fourth-order valence-corrected chi connectivity index (χ4v) is 3.52. The van der Waals surface area contributed by atoms with Crippen molar-refractivity contribution in [3.63, 3.8) is 0 Å². The normalized spacial score (nSPS) is 15.9. The number of carbonyl (C=O) groups excluding carboxylic acids is 1. The van der Waals surface area contributed by atoms with Gasteiger partial charge < -0.3 is 10.2 Å². The summed E-state index contributed by atoms with van der Waals surface area (Å²) in [5.41, 5.74) is 2.33. The van der Waals surface area contributed by atoms with E-state index in [9.17, 15) is 4.79 Å². The predicted molar refractivity (Wildman–Crippen MR) is 103 cm³/mol. The molecule has 3 aromatic rings. The van der Waals surface area contributed by atoms with Gasteiger partial charge in [-0.05, 0) is 49.6 Å². The maximum absolute atomic E-state index is 12.7. The molecule has 2 aromatic heterocycles. The molecule has 0 spiro atoms. The average molecular weight is 375 g/mol. The lowest BCUT2D eigenvalue weighted by Crippen LogP contribution is -2.41. The molecular formula is C20H21N7O. The third-order valence-corrected chi connectivity index (χ3v) is 5.24. The molecule has 4 rings (SSSR count).